The van der Waals surface area contributed by atoms with Crippen LogP contribution in [0.3, 0.4) is 0 Å². The number of anilines is 1. The van der Waals surface area contributed by atoms with E-state index in [1.165, 1.54) is 18.2 Å². The second kappa shape index (κ2) is 8.93. The third-order valence-electron chi connectivity index (χ3n) is 4.18. The third kappa shape index (κ3) is 4.92. The zero-order valence-electron chi connectivity index (χ0n) is 15.5. The Kier molecular flexibility index (Phi) is 6.36. The molecule has 7 heteroatoms. The van der Waals surface area contributed by atoms with E-state index >= 15 is 0 Å². The molecule has 5 nitrogen and oxygen atoms in total. The summed E-state index contributed by atoms with van der Waals surface area (Å²) in [6.45, 7) is 4.02. The fourth-order valence-corrected chi connectivity index (χ4v) is 3.77. The molecule has 1 amide bonds. The quantitative estimate of drug-likeness (QED) is 0.553. The van der Waals surface area contributed by atoms with E-state index in [2.05, 4.69) is 5.32 Å². The molecule has 0 fully saturated rings. The molecular formula is C21H20FNO4S. The predicted molar refractivity (Wildman–Crippen MR) is 109 cm³/mol. The van der Waals surface area contributed by atoms with E-state index in [-0.39, 0.29) is 17.7 Å². The molecule has 28 heavy (non-hydrogen) atoms. The van der Waals surface area contributed by atoms with Crippen molar-refractivity contribution in [2.75, 3.05) is 11.9 Å². The van der Waals surface area contributed by atoms with Crippen LogP contribution in [0, 0.1) is 5.82 Å². The summed E-state index contributed by atoms with van der Waals surface area (Å²) in [5.74, 6) is 0.325. The molecule has 2 aromatic carbocycles. The lowest BCUT2D eigenvalue weighted by atomic mass is 10.1. The van der Waals surface area contributed by atoms with Crippen LogP contribution in [0.2, 0.25) is 0 Å². The normalized spacial score (nSPS) is 12.0. The van der Waals surface area contributed by atoms with E-state index in [0.29, 0.717) is 17.0 Å². The summed E-state index contributed by atoms with van der Waals surface area (Å²) < 4.78 is 23.2. The first-order chi connectivity index (χ1) is 13.5. The average molecular weight is 401 g/mol. The third-order valence-corrected chi connectivity index (χ3v) is 5.43. The SMILES string of the molecule is CCOC(=O)Nc1ccc2c(CSC(C)c3ccc(F)cc3)cc(=O)oc2c1. The number of carbonyl (C=O) groups is 1. The van der Waals surface area contributed by atoms with Crippen LogP contribution in [0.25, 0.3) is 11.0 Å². The van der Waals surface area contributed by atoms with Gasteiger partial charge in [-0.3, -0.25) is 5.32 Å². The molecule has 0 aliphatic heterocycles. The van der Waals surface area contributed by atoms with Gasteiger partial charge in [-0.1, -0.05) is 12.1 Å². The van der Waals surface area contributed by atoms with Crippen molar-refractivity contribution in [3.63, 3.8) is 0 Å². The van der Waals surface area contributed by atoms with Crippen LogP contribution < -0.4 is 10.9 Å². The van der Waals surface area contributed by atoms with Gasteiger partial charge < -0.3 is 9.15 Å². The zero-order valence-corrected chi connectivity index (χ0v) is 16.3. The number of hydrogen-bond acceptors (Lipinski definition) is 5. The van der Waals surface area contributed by atoms with E-state index in [1.54, 1.807) is 49.0 Å². The summed E-state index contributed by atoms with van der Waals surface area (Å²) in [6, 6.07) is 13.0. The molecule has 1 N–H and O–H groups in total. The van der Waals surface area contributed by atoms with E-state index in [1.807, 2.05) is 6.92 Å². The van der Waals surface area contributed by atoms with Crippen molar-refractivity contribution in [1.29, 1.82) is 0 Å². The minimum atomic E-state index is -0.566. The Morgan fingerprint density at radius 3 is 2.68 bits per heavy atom. The van der Waals surface area contributed by atoms with Crippen LogP contribution in [0.15, 0.2) is 57.7 Å². The topological polar surface area (TPSA) is 68.5 Å². The lowest BCUT2D eigenvalue weighted by molar-refractivity contribution is 0.168. The maximum atomic E-state index is 13.1. The number of rotatable bonds is 6. The molecule has 0 aliphatic carbocycles. The van der Waals surface area contributed by atoms with Crippen molar-refractivity contribution in [2.24, 2.45) is 0 Å². The predicted octanol–water partition coefficient (Wildman–Crippen LogP) is 5.49. The number of halogens is 1. The van der Waals surface area contributed by atoms with Crippen LogP contribution in [0.5, 0.6) is 0 Å². The number of carbonyl (C=O) groups excluding carboxylic acids is 1. The van der Waals surface area contributed by atoms with Crippen molar-refractivity contribution in [2.45, 2.75) is 24.9 Å². The minimum Gasteiger partial charge on any atom is -0.450 e. The van der Waals surface area contributed by atoms with Gasteiger partial charge in [0.05, 0.1) is 6.61 Å². The number of fused-ring (bicyclic) bond motifs is 1. The number of ether oxygens (including phenoxy) is 1. The van der Waals surface area contributed by atoms with Crippen LogP contribution in [-0.4, -0.2) is 12.7 Å². The van der Waals surface area contributed by atoms with Crippen LogP contribution >= 0.6 is 11.8 Å². The smallest absolute Gasteiger partial charge is 0.411 e. The number of nitrogens with one attached hydrogen (secondary N) is 1. The maximum absolute atomic E-state index is 13.1. The number of benzene rings is 2. The Bertz CT molecular complexity index is 1030. The standard InChI is InChI=1S/C21H20FNO4S/c1-3-26-21(25)23-17-8-9-18-15(10-20(24)27-19(18)11-17)12-28-13(2)14-4-6-16(22)7-5-14/h4-11,13H,3,12H2,1-2H3,(H,23,25). The highest BCUT2D eigenvalue weighted by molar-refractivity contribution is 7.98. The van der Waals surface area contributed by atoms with Gasteiger partial charge in [0.1, 0.15) is 11.4 Å². The van der Waals surface area contributed by atoms with Crippen LogP contribution in [-0.2, 0) is 10.5 Å². The van der Waals surface area contributed by atoms with Gasteiger partial charge in [0.25, 0.3) is 0 Å². The largest absolute Gasteiger partial charge is 0.450 e. The molecule has 0 saturated carbocycles. The zero-order chi connectivity index (χ0) is 20.1. The molecule has 3 rings (SSSR count). The first-order valence-corrected chi connectivity index (χ1v) is 9.88. The Labute approximate surface area is 165 Å². The molecule has 0 saturated heterocycles. The summed E-state index contributed by atoms with van der Waals surface area (Å²) in [4.78, 5) is 23.5. The van der Waals surface area contributed by atoms with Crippen LogP contribution in [0.1, 0.15) is 30.2 Å². The van der Waals surface area contributed by atoms with Crippen molar-refractivity contribution < 1.29 is 18.3 Å². The first-order valence-electron chi connectivity index (χ1n) is 8.84. The average Bonchev–Trinajstić information content (AvgIpc) is 2.66. The fourth-order valence-electron chi connectivity index (χ4n) is 2.76. The number of amides is 1. The summed E-state index contributed by atoms with van der Waals surface area (Å²) in [7, 11) is 0. The van der Waals surface area contributed by atoms with Crippen LogP contribution in [0.4, 0.5) is 14.9 Å². The van der Waals surface area contributed by atoms with Crippen molar-refractivity contribution in [3.05, 3.63) is 75.9 Å². The van der Waals surface area contributed by atoms with Crippen molar-refractivity contribution in [1.82, 2.24) is 0 Å². The minimum absolute atomic E-state index is 0.132. The second-order valence-electron chi connectivity index (χ2n) is 6.15. The number of thioether (sulfide) groups is 1. The van der Waals surface area contributed by atoms with Gasteiger partial charge in [-0.05, 0) is 49.2 Å². The second-order valence-corrected chi connectivity index (χ2v) is 7.48. The summed E-state index contributed by atoms with van der Waals surface area (Å²) in [5, 5.41) is 3.52. The monoisotopic (exact) mass is 401 g/mol. The number of hydrogen-bond donors (Lipinski definition) is 1. The summed E-state index contributed by atoms with van der Waals surface area (Å²) >= 11 is 1.64. The molecule has 0 bridgehead atoms. The lowest BCUT2D eigenvalue weighted by Gasteiger charge is -2.13. The van der Waals surface area contributed by atoms with E-state index in [4.69, 9.17) is 9.15 Å². The molecule has 1 aromatic heterocycles. The van der Waals surface area contributed by atoms with Crippen molar-refractivity contribution >= 4 is 34.5 Å². The molecule has 1 heterocycles. The maximum Gasteiger partial charge on any atom is 0.411 e. The van der Waals surface area contributed by atoms with Gasteiger partial charge in [0.15, 0.2) is 0 Å². The van der Waals surface area contributed by atoms with Gasteiger partial charge in [0.2, 0.25) is 0 Å². The van der Waals surface area contributed by atoms with Gasteiger partial charge in [-0.2, -0.15) is 0 Å². The highest BCUT2D eigenvalue weighted by atomic mass is 32.2. The highest BCUT2D eigenvalue weighted by Crippen LogP contribution is 2.33. The van der Waals surface area contributed by atoms with Gasteiger partial charge in [-0.15, -0.1) is 11.8 Å². The van der Waals surface area contributed by atoms with Gasteiger partial charge in [0, 0.05) is 34.2 Å². The van der Waals surface area contributed by atoms with E-state index in [9.17, 15) is 14.0 Å². The fraction of sp³-hybridized carbons (Fsp3) is 0.238. The Balaban J connectivity index is 1.79. The molecule has 0 radical (unpaired) electrons. The molecule has 146 valence electrons. The molecule has 0 spiro atoms. The Hall–Kier alpha value is -2.80. The summed E-state index contributed by atoms with van der Waals surface area (Å²) in [6.07, 6.45) is -0.566. The molecule has 1 unspecified atom stereocenters. The highest BCUT2D eigenvalue weighted by Gasteiger charge is 2.12. The Morgan fingerprint density at radius 2 is 1.96 bits per heavy atom. The first kappa shape index (κ1) is 19.9. The van der Waals surface area contributed by atoms with Gasteiger partial charge >= 0.3 is 11.7 Å². The molecular weight excluding hydrogens is 381 g/mol. The molecule has 3 aromatic rings. The van der Waals surface area contributed by atoms with Gasteiger partial charge in [-0.25, -0.2) is 14.0 Å². The van der Waals surface area contributed by atoms with E-state index in [0.717, 1.165) is 16.5 Å². The van der Waals surface area contributed by atoms with Crippen molar-refractivity contribution in [3.8, 4) is 0 Å². The summed E-state index contributed by atoms with van der Waals surface area (Å²) in [5.41, 5.74) is 2.28. The molecule has 0 aliphatic rings. The molecule has 1 atom stereocenters. The Morgan fingerprint density at radius 1 is 1.21 bits per heavy atom. The van der Waals surface area contributed by atoms with E-state index < -0.39 is 11.7 Å². The lowest BCUT2D eigenvalue weighted by Crippen LogP contribution is -2.13.